The first-order valence-corrected chi connectivity index (χ1v) is 11.1. The number of carbonyl (C=O) groups excluding carboxylic acids is 2. The zero-order valence-corrected chi connectivity index (χ0v) is 18.5. The number of rotatable bonds is 8. The van der Waals surface area contributed by atoms with Gasteiger partial charge in [0.2, 0.25) is 5.91 Å². The summed E-state index contributed by atoms with van der Waals surface area (Å²) in [6.07, 6.45) is 0.789. The average Bonchev–Trinajstić information content (AvgIpc) is 3.40. The van der Waals surface area contributed by atoms with Gasteiger partial charge in [0.25, 0.3) is 0 Å². The summed E-state index contributed by atoms with van der Waals surface area (Å²) in [6.45, 7) is 0.120. The van der Waals surface area contributed by atoms with Crippen LogP contribution in [0.5, 0.6) is 0 Å². The second kappa shape index (κ2) is 10.0. The minimum atomic E-state index is -0.936. The highest BCUT2D eigenvalue weighted by Crippen LogP contribution is 2.44. The Balaban J connectivity index is 1.35. The summed E-state index contributed by atoms with van der Waals surface area (Å²) in [6, 6.07) is 14.9. The number of alkyl carbamates (subject to hydrolysis) is 1. The van der Waals surface area contributed by atoms with Crippen LogP contribution in [0.2, 0.25) is 0 Å². The van der Waals surface area contributed by atoms with Gasteiger partial charge in [-0.1, -0.05) is 48.5 Å². The van der Waals surface area contributed by atoms with E-state index in [2.05, 4.69) is 22.8 Å². The highest BCUT2D eigenvalue weighted by Gasteiger charge is 2.33. The number of aliphatic carboxylic acids is 1. The van der Waals surface area contributed by atoms with Crippen molar-refractivity contribution in [1.29, 1.82) is 0 Å². The van der Waals surface area contributed by atoms with E-state index in [-0.39, 0.29) is 25.2 Å². The first-order valence-electron chi connectivity index (χ1n) is 11.1. The molecule has 0 heterocycles. The molecule has 0 saturated heterocycles. The predicted octanol–water partition coefficient (Wildman–Crippen LogP) is 2.91. The Labute approximate surface area is 192 Å². The Kier molecular flexibility index (Phi) is 6.93. The number of carboxylic acids is 1. The van der Waals surface area contributed by atoms with Gasteiger partial charge in [-0.25, -0.2) is 4.79 Å². The van der Waals surface area contributed by atoms with Crippen LogP contribution in [0.4, 0.5) is 4.79 Å². The summed E-state index contributed by atoms with van der Waals surface area (Å²) < 4.78 is 10.6. The molecule has 0 aliphatic heterocycles. The van der Waals surface area contributed by atoms with Gasteiger partial charge in [-0.2, -0.15) is 0 Å². The standard InChI is InChI=1S/C25H28N2O6/c1-32-14-22(23(28)26-16-11-10-15(12-16)24(29)30)27-25(31)33-13-21-19-8-4-2-6-17(19)18-7-3-5-9-20(18)21/h2-9,15-16,21-22H,10-14H2,1H3,(H,26,28)(H,27,31)(H,29,30). The maximum atomic E-state index is 12.7. The first-order chi connectivity index (χ1) is 16.0. The monoisotopic (exact) mass is 452 g/mol. The molecule has 1 saturated carbocycles. The number of hydrogen-bond donors (Lipinski definition) is 3. The van der Waals surface area contributed by atoms with Crippen LogP contribution in [-0.2, 0) is 19.1 Å². The highest BCUT2D eigenvalue weighted by molar-refractivity contribution is 5.86. The van der Waals surface area contributed by atoms with Gasteiger partial charge in [-0.05, 0) is 41.5 Å². The number of amides is 2. The van der Waals surface area contributed by atoms with Crippen LogP contribution >= 0.6 is 0 Å². The van der Waals surface area contributed by atoms with E-state index in [1.165, 1.54) is 7.11 Å². The molecule has 8 nitrogen and oxygen atoms in total. The number of benzene rings is 2. The van der Waals surface area contributed by atoms with E-state index in [0.29, 0.717) is 19.3 Å². The fourth-order valence-corrected chi connectivity index (χ4v) is 4.77. The van der Waals surface area contributed by atoms with Crippen molar-refractivity contribution in [1.82, 2.24) is 10.6 Å². The van der Waals surface area contributed by atoms with Crippen LogP contribution in [0.25, 0.3) is 11.1 Å². The average molecular weight is 453 g/mol. The fraction of sp³-hybridized carbons (Fsp3) is 0.400. The van der Waals surface area contributed by atoms with Crippen molar-refractivity contribution in [3.05, 3.63) is 59.7 Å². The fourth-order valence-electron chi connectivity index (χ4n) is 4.77. The number of carbonyl (C=O) groups is 3. The summed E-state index contributed by atoms with van der Waals surface area (Å²) in [5.41, 5.74) is 4.48. The molecule has 2 amide bonds. The molecule has 2 aliphatic carbocycles. The molecule has 3 unspecified atom stereocenters. The van der Waals surface area contributed by atoms with Crippen molar-refractivity contribution in [2.75, 3.05) is 20.3 Å². The molecule has 3 N–H and O–H groups in total. The van der Waals surface area contributed by atoms with E-state index < -0.39 is 29.9 Å². The molecule has 0 aromatic heterocycles. The molecule has 0 bridgehead atoms. The van der Waals surface area contributed by atoms with Crippen molar-refractivity contribution in [2.24, 2.45) is 5.92 Å². The molecule has 3 atom stereocenters. The van der Waals surface area contributed by atoms with E-state index in [0.717, 1.165) is 22.3 Å². The highest BCUT2D eigenvalue weighted by atomic mass is 16.5. The van der Waals surface area contributed by atoms with Gasteiger partial charge in [-0.3, -0.25) is 9.59 Å². The summed E-state index contributed by atoms with van der Waals surface area (Å²) in [4.78, 5) is 36.4. The Hall–Kier alpha value is -3.39. The zero-order chi connectivity index (χ0) is 23.4. The van der Waals surface area contributed by atoms with E-state index >= 15 is 0 Å². The summed E-state index contributed by atoms with van der Waals surface area (Å²) in [5, 5.41) is 14.6. The zero-order valence-electron chi connectivity index (χ0n) is 18.5. The lowest BCUT2D eigenvalue weighted by Crippen LogP contribution is -2.51. The molecule has 1 fully saturated rings. The minimum Gasteiger partial charge on any atom is -0.481 e. The van der Waals surface area contributed by atoms with Crippen LogP contribution in [0.3, 0.4) is 0 Å². The number of fused-ring (bicyclic) bond motifs is 3. The van der Waals surface area contributed by atoms with Gasteiger partial charge in [0, 0.05) is 19.1 Å². The summed E-state index contributed by atoms with van der Waals surface area (Å²) in [7, 11) is 1.44. The van der Waals surface area contributed by atoms with Crippen molar-refractivity contribution in [2.45, 2.75) is 37.3 Å². The smallest absolute Gasteiger partial charge is 0.407 e. The Morgan fingerprint density at radius 1 is 1.03 bits per heavy atom. The van der Waals surface area contributed by atoms with Gasteiger partial charge in [0.05, 0.1) is 12.5 Å². The van der Waals surface area contributed by atoms with Crippen molar-refractivity contribution >= 4 is 18.0 Å². The normalized spacial score (nSPS) is 19.9. The maximum Gasteiger partial charge on any atom is 0.407 e. The predicted molar refractivity (Wildman–Crippen MR) is 121 cm³/mol. The molecule has 0 spiro atoms. The first kappa shape index (κ1) is 22.8. The molecule has 0 radical (unpaired) electrons. The number of carboxylic acid groups (broad SMARTS) is 1. The topological polar surface area (TPSA) is 114 Å². The largest absolute Gasteiger partial charge is 0.481 e. The third kappa shape index (κ3) is 5.01. The Bertz CT molecular complexity index is 994. The summed E-state index contributed by atoms with van der Waals surface area (Å²) >= 11 is 0. The van der Waals surface area contributed by atoms with Crippen LogP contribution in [0.15, 0.2) is 48.5 Å². The van der Waals surface area contributed by atoms with Gasteiger partial charge in [0.15, 0.2) is 0 Å². The number of methoxy groups -OCH3 is 1. The molecule has 2 aromatic rings. The summed E-state index contributed by atoms with van der Waals surface area (Å²) in [5.74, 6) is -1.80. The Morgan fingerprint density at radius 3 is 2.24 bits per heavy atom. The molecule has 4 rings (SSSR count). The van der Waals surface area contributed by atoms with Crippen molar-refractivity contribution < 1.29 is 29.0 Å². The van der Waals surface area contributed by atoms with Gasteiger partial charge in [0.1, 0.15) is 12.6 Å². The maximum absolute atomic E-state index is 12.7. The number of nitrogens with one attached hydrogen (secondary N) is 2. The quantitative estimate of drug-likeness (QED) is 0.568. The molecule has 8 heteroatoms. The van der Waals surface area contributed by atoms with Gasteiger partial charge in [-0.15, -0.1) is 0 Å². The molecular formula is C25H28N2O6. The second-order valence-electron chi connectivity index (χ2n) is 8.53. The van der Waals surface area contributed by atoms with Gasteiger partial charge < -0.3 is 25.2 Å². The van der Waals surface area contributed by atoms with E-state index in [4.69, 9.17) is 14.6 Å². The molecule has 33 heavy (non-hydrogen) atoms. The lowest BCUT2D eigenvalue weighted by Gasteiger charge is -2.21. The van der Waals surface area contributed by atoms with Gasteiger partial charge >= 0.3 is 12.1 Å². The van der Waals surface area contributed by atoms with Crippen LogP contribution in [0, 0.1) is 5.92 Å². The number of hydrogen-bond acceptors (Lipinski definition) is 5. The van der Waals surface area contributed by atoms with Crippen LogP contribution < -0.4 is 10.6 Å². The Morgan fingerprint density at radius 2 is 1.67 bits per heavy atom. The van der Waals surface area contributed by atoms with Crippen LogP contribution in [0.1, 0.15) is 36.3 Å². The third-order valence-corrected chi connectivity index (χ3v) is 6.41. The number of ether oxygens (including phenoxy) is 2. The minimum absolute atomic E-state index is 0.0227. The van der Waals surface area contributed by atoms with Crippen molar-refractivity contribution in [3.63, 3.8) is 0 Å². The van der Waals surface area contributed by atoms with E-state index in [9.17, 15) is 14.4 Å². The molecule has 174 valence electrons. The molecule has 2 aromatic carbocycles. The lowest BCUT2D eigenvalue weighted by molar-refractivity contribution is -0.141. The van der Waals surface area contributed by atoms with E-state index in [1.807, 2.05) is 36.4 Å². The van der Waals surface area contributed by atoms with Crippen molar-refractivity contribution in [3.8, 4) is 11.1 Å². The van der Waals surface area contributed by atoms with Crippen LogP contribution in [-0.4, -0.2) is 55.5 Å². The molecular weight excluding hydrogens is 424 g/mol. The third-order valence-electron chi connectivity index (χ3n) is 6.41. The lowest BCUT2D eigenvalue weighted by atomic mass is 9.98. The van der Waals surface area contributed by atoms with E-state index in [1.54, 1.807) is 0 Å². The second-order valence-corrected chi connectivity index (χ2v) is 8.53. The molecule has 2 aliphatic rings. The SMILES string of the molecule is COCC(NC(=O)OCC1c2ccccc2-c2ccccc21)C(=O)NC1CCC(C(=O)O)C1.